The van der Waals surface area contributed by atoms with Gasteiger partial charge in [0.1, 0.15) is 0 Å². The first-order valence-corrected chi connectivity index (χ1v) is 4.56. The predicted octanol–water partition coefficient (Wildman–Crippen LogP) is 1.13. The van der Waals surface area contributed by atoms with Gasteiger partial charge in [-0.15, -0.1) is 0 Å². The molecule has 0 amide bonds. The lowest BCUT2D eigenvalue weighted by Gasteiger charge is -2.23. The highest BCUT2D eigenvalue weighted by atomic mass is 15.0. The van der Waals surface area contributed by atoms with Crippen LogP contribution in [0.15, 0.2) is 0 Å². The van der Waals surface area contributed by atoms with E-state index in [2.05, 4.69) is 31.4 Å². The van der Waals surface area contributed by atoms with Gasteiger partial charge in [-0.3, -0.25) is 0 Å². The molecule has 1 atom stereocenters. The minimum atomic E-state index is 0.268. The molecule has 1 saturated heterocycles. The summed E-state index contributed by atoms with van der Waals surface area (Å²) in [6.45, 7) is 8.95. The summed E-state index contributed by atoms with van der Waals surface area (Å²) in [5.74, 6) is 0. The van der Waals surface area contributed by atoms with E-state index in [1.165, 1.54) is 19.4 Å². The van der Waals surface area contributed by atoms with Gasteiger partial charge in [-0.25, -0.2) is 0 Å². The lowest BCUT2D eigenvalue weighted by molar-refractivity contribution is 0.394. The zero-order chi connectivity index (χ0) is 8.32. The van der Waals surface area contributed by atoms with Crippen molar-refractivity contribution in [3.63, 3.8) is 0 Å². The minimum Gasteiger partial charge on any atom is -0.313 e. The third-order valence-corrected chi connectivity index (χ3v) is 2.04. The van der Waals surface area contributed by atoms with E-state index in [0.29, 0.717) is 6.04 Å². The molecule has 66 valence electrons. The van der Waals surface area contributed by atoms with Gasteiger partial charge in [-0.05, 0) is 40.2 Å². The van der Waals surface area contributed by atoms with Crippen LogP contribution in [0.3, 0.4) is 0 Å². The van der Waals surface area contributed by atoms with Crippen molar-refractivity contribution in [3.05, 3.63) is 0 Å². The summed E-state index contributed by atoms with van der Waals surface area (Å²) in [4.78, 5) is 0. The van der Waals surface area contributed by atoms with Crippen LogP contribution in [0.4, 0.5) is 0 Å². The Morgan fingerprint density at radius 2 is 2.18 bits per heavy atom. The molecule has 2 N–H and O–H groups in total. The molecule has 1 rings (SSSR count). The fourth-order valence-corrected chi connectivity index (χ4v) is 1.36. The van der Waals surface area contributed by atoms with Crippen LogP contribution in [0.5, 0.6) is 0 Å². The fraction of sp³-hybridized carbons (Fsp3) is 1.00. The van der Waals surface area contributed by atoms with Gasteiger partial charge in [-0.1, -0.05) is 0 Å². The number of hydrogen-bond donors (Lipinski definition) is 2. The van der Waals surface area contributed by atoms with Crippen LogP contribution in [0, 0.1) is 0 Å². The average Bonchev–Trinajstić information content (AvgIpc) is 2.32. The Morgan fingerprint density at radius 1 is 1.45 bits per heavy atom. The van der Waals surface area contributed by atoms with E-state index >= 15 is 0 Å². The molecule has 0 saturated carbocycles. The maximum atomic E-state index is 3.50. The summed E-state index contributed by atoms with van der Waals surface area (Å²) in [5.41, 5.74) is 0.268. The molecule has 2 heteroatoms. The minimum absolute atomic E-state index is 0.268. The summed E-state index contributed by atoms with van der Waals surface area (Å²) in [6, 6.07) is 0.717. The van der Waals surface area contributed by atoms with E-state index in [1.54, 1.807) is 0 Å². The standard InChI is InChI=1S/C9H20N2/c1-9(2,3)11-7-8-5-4-6-10-8/h8,10-11H,4-7H2,1-3H3. The molecule has 1 unspecified atom stereocenters. The first-order chi connectivity index (χ1) is 5.08. The molecule has 0 aromatic carbocycles. The Bertz CT molecular complexity index is 109. The molecule has 0 spiro atoms. The highest BCUT2D eigenvalue weighted by molar-refractivity contribution is 4.80. The van der Waals surface area contributed by atoms with Crippen molar-refractivity contribution in [3.8, 4) is 0 Å². The van der Waals surface area contributed by atoms with Crippen molar-refractivity contribution >= 4 is 0 Å². The van der Waals surface area contributed by atoms with Crippen LogP contribution in [-0.2, 0) is 0 Å². The topological polar surface area (TPSA) is 24.1 Å². The highest BCUT2D eigenvalue weighted by Gasteiger charge is 2.16. The Hall–Kier alpha value is -0.0800. The molecular formula is C9H20N2. The number of nitrogens with one attached hydrogen (secondary N) is 2. The molecule has 0 aliphatic carbocycles. The SMILES string of the molecule is CC(C)(C)NCC1CCCN1. The lowest BCUT2D eigenvalue weighted by Crippen LogP contribution is -2.43. The molecule has 0 bridgehead atoms. The van der Waals surface area contributed by atoms with Crippen molar-refractivity contribution in [2.24, 2.45) is 0 Å². The Balaban J connectivity index is 2.11. The van der Waals surface area contributed by atoms with Crippen molar-refractivity contribution in [2.75, 3.05) is 13.1 Å². The van der Waals surface area contributed by atoms with Gasteiger partial charge in [0.25, 0.3) is 0 Å². The predicted molar refractivity (Wildman–Crippen MR) is 48.8 cm³/mol. The summed E-state index contributed by atoms with van der Waals surface area (Å²) in [6.07, 6.45) is 2.68. The lowest BCUT2D eigenvalue weighted by atomic mass is 10.1. The molecule has 0 radical (unpaired) electrons. The molecule has 1 aliphatic rings. The second-order valence-electron chi connectivity index (χ2n) is 4.42. The smallest absolute Gasteiger partial charge is 0.0193 e. The second-order valence-corrected chi connectivity index (χ2v) is 4.42. The van der Waals surface area contributed by atoms with Gasteiger partial charge < -0.3 is 10.6 Å². The molecule has 2 nitrogen and oxygen atoms in total. The summed E-state index contributed by atoms with van der Waals surface area (Å²) in [5, 5.41) is 6.97. The van der Waals surface area contributed by atoms with E-state index in [-0.39, 0.29) is 5.54 Å². The van der Waals surface area contributed by atoms with E-state index < -0.39 is 0 Å². The van der Waals surface area contributed by atoms with Crippen molar-refractivity contribution < 1.29 is 0 Å². The van der Waals surface area contributed by atoms with Crippen molar-refractivity contribution in [2.45, 2.75) is 45.2 Å². The molecule has 1 aliphatic heterocycles. The number of hydrogen-bond acceptors (Lipinski definition) is 2. The quantitative estimate of drug-likeness (QED) is 0.626. The van der Waals surface area contributed by atoms with Gasteiger partial charge in [0, 0.05) is 18.1 Å². The molecule has 11 heavy (non-hydrogen) atoms. The maximum absolute atomic E-state index is 3.50. The third kappa shape index (κ3) is 3.73. The van der Waals surface area contributed by atoms with Crippen LogP contribution in [0.2, 0.25) is 0 Å². The van der Waals surface area contributed by atoms with Crippen LogP contribution in [0.25, 0.3) is 0 Å². The molecule has 0 aromatic heterocycles. The average molecular weight is 156 g/mol. The van der Waals surface area contributed by atoms with E-state index in [4.69, 9.17) is 0 Å². The third-order valence-electron chi connectivity index (χ3n) is 2.04. The summed E-state index contributed by atoms with van der Waals surface area (Å²) in [7, 11) is 0. The van der Waals surface area contributed by atoms with Crippen molar-refractivity contribution in [1.82, 2.24) is 10.6 Å². The Kier molecular flexibility index (Phi) is 2.90. The van der Waals surface area contributed by atoms with Crippen LogP contribution in [-0.4, -0.2) is 24.7 Å². The Morgan fingerprint density at radius 3 is 2.64 bits per heavy atom. The van der Waals surface area contributed by atoms with Gasteiger partial charge in [0.2, 0.25) is 0 Å². The van der Waals surface area contributed by atoms with E-state index in [0.717, 1.165) is 6.54 Å². The highest BCUT2D eigenvalue weighted by Crippen LogP contribution is 2.05. The maximum Gasteiger partial charge on any atom is 0.0193 e. The summed E-state index contributed by atoms with van der Waals surface area (Å²) < 4.78 is 0. The van der Waals surface area contributed by atoms with Crippen molar-refractivity contribution in [1.29, 1.82) is 0 Å². The molecular weight excluding hydrogens is 136 g/mol. The normalized spacial score (nSPS) is 25.9. The van der Waals surface area contributed by atoms with Gasteiger partial charge in [-0.2, -0.15) is 0 Å². The zero-order valence-electron chi connectivity index (χ0n) is 7.91. The van der Waals surface area contributed by atoms with Gasteiger partial charge >= 0.3 is 0 Å². The molecule has 0 aromatic rings. The number of rotatable bonds is 2. The van der Waals surface area contributed by atoms with E-state index in [1.807, 2.05) is 0 Å². The zero-order valence-corrected chi connectivity index (χ0v) is 7.91. The van der Waals surface area contributed by atoms with Crippen LogP contribution >= 0.6 is 0 Å². The van der Waals surface area contributed by atoms with Gasteiger partial charge in [0.05, 0.1) is 0 Å². The molecule has 1 fully saturated rings. The first kappa shape index (κ1) is 9.01. The monoisotopic (exact) mass is 156 g/mol. The van der Waals surface area contributed by atoms with Crippen LogP contribution in [0.1, 0.15) is 33.6 Å². The van der Waals surface area contributed by atoms with Gasteiger partial charge in [0.15, 0.2) is 0 Å². The van der Waals surface area contributed by atoms with E-state index in [9.17, 15) is 0 Å². The first-order valence-electron chi connectivity index (χ1n) is 4.56. The summed E-state index contributed by atoms with van der Waals surface area (Å²) >= 11 is 0. The fourth-order valence-electron chi connectivity index (χ4n) is 1.36. The molecule has 1 heterocycles. The largest absolute Gasteiger partial charge is 0.313 e. The second kappa shape index (κ2) is 3.55. The van der Waals surface area contributed by atoms with Crippen LogP contribution < -0.4 is 10.6 Å². The Labute approximate surface area is 69.8 Å².